The van der Waals surface area contributed by atoms with Crippen LogP contribution in [-0.4, -0.2) is 55.6 Å². The van der Waals surface area contributed by atoms with Crippen LogP contribution < -0.4 is 0 Å². The standard InChI is InChI=1S/C12H12ClN3O2.C2H2O4.H2O/c13-11-3-1-10(2-4-11)12(17-5-6-18-12)7-16-9-14-8-15-16;3-1(4)2(5)6;/h1-4,8-9H,5-7H2;(H,3,4)(H,5,6);1H2. The minimum atomic E-state index is -1.82. The van der Waals surface area contributed by atoms with Gasteiger partial charge < -0.3 is 25.2 Å². The summed E-state index contributed by atoms with van der Waals surface area (Å²) >= 11 is 5.90. The molecule has 1 fully saturated rings. The van der Waals surface area contributed by atoms with Crippen LogP contribution in [0.4, 0.5) is 0 Å². The first-order valence-electron chi connectivity index (χ1n) is 6.75. The second-order valence-corrected chi connectivity index (χ2v) is 5.10. The van der Waals surface area contributed by atoms with Crippen molar-refractivity contribution in [1.29, 1.82) is 0 Å². The number of hydrogen-bond donors (Lipinski definition) is 2. The van der Waals surface area contributed by atoms with Gasteiger partial charge in [0, 0.05) is 10.6 Å². The van der Waals surface area contributed by atoms with E-state index in [0.29, 0.717) is 24.8 Å². The van der Waals surface area contributed by atoms with Crippen LogP contribution in [0.15, 0.2) is 36.9 Å². The number of nitrogens with zero attached hydrogens (tertiary/aromatic N) is 3. The number of benzene rings is 1. The first kappa shape index (κ1) is 20.5. The summed E-state index contributed by atoms with van der Waals surface area (Å²) in [4.78, 5) is 22.1. The van der Waals surface area contributed by atoms with Gasteiger partial charge in [0.25, 0.3) is 0 Å². The Morgan fingerprint density at radius 2 is 1.72 bits per heavy atom. The third-order valence-corrected chi connectivity index (χ3v) is 3.31. The minimum Gasteiger partial charge on any atom is -0.473 e. The van der Waals surface area contributed by atoms with Crippen molar-refractivity contribution in [2.75, 3.05) is 13.2 Å². The van der Waals surface area contributed by atoms with Crippen molar-refractivity contribution in [2.24, 2.45) is 0 Å². The molecule has 0 atom stereocenters. The van der Waals surface area contributed by atoms with Crippen LogP contribution in [0.5, 0.6) is 0 Å². The molecule has 1 aliphatic heterocycles. The Morgan fingerprint density at radius 3 is 2.16 bits per heavy atom. The van der Waals surface area contributed by atoms with Crippen molar-refractivity contribution in [2.45, 2.75) is 12.3 Å². The predicted molar refractivity (Wildman–Crippen MR) is 83.9 cm³/mol. The monoisotopic (exact) mass is 373 g/mol. The molecule has 25 heavy (non-hydrogen) atoms. The van der Waals surface area contributed by atoms with Crippen LogP contribution in [0.1, 0.15) is 5.56 Å². The molecule has 11 heteroatoms. The van der Waals surface area contributed by atoms with E-state index in [0.717, 1.165) is 5.56 Å². The van der Waals surface area contributed by atoms with Crippen LogP contribution in [0.2, 0.25) is 5.02 Å². The quantitative estimate of drug-likeness (QED) is 0.720. The van der Waals surface area contributed by atoms with Crippen LogP contribution in [0.3, 0.4) is 0 Å². The second kappa shape index (κ2) is 9.08. The summed E-state index contributed by atoms with van der Waals surface area (Å²) in [5, 5.41) is 19.6. The number of halogens is 1. The maximum atomic E-state index is 9.10. The van der Waals surface area contributed by atoms with Crippen LogP contribution in [0.25, 0.3) is 0 Å². The van der Waals surface area contributed by atoms with E-state index < -0.39 is 17.7 Å². The van der Waals surface area contributed by atoms with Crippen molar-refractivity contribution in [1.82, 2.24) is 14.8 Å². The van der Waals surface area contributed by atoms with Crippen molar-refractivity contribution in [3.63, 3.8) is 0 Å². The SMILES string of the molecule is Clc1ccc(C2(Cn3cncn3)OCCO2)cc1.O.O=C(O)C(=O)O. The zero-order valence-electron chi connectivity index (χ0n) is 12.8. The Hall–Kier alpha value is -2.53. The molecule has 0 aliphatic carbocycles. The molecular weight excluding hydrogens is 358 g/mol. The minimum absolute atomic E-state index is 0. The third kappa shape index (κ3) is 5.50. The van der Waals surface area contributed by atoms with E-state index in [-0.39, 0.29) is 5.48 Å². The van der Waals surface area contributed by atoms with Crippen molar-refractivity contribution >= 4 is 23.5 Å². The number of carboxylic acid groups (broad SMARTS) is 2. The average Bonchev–Trinajstić information content (AvgIpc) is 3.21. The lowest BCUT2D eigenvalue weighted by atomic mass is 10.1. The molecule has 1 saturated heterocycles. The molecule has 1 aromatic heterocycles. The molecule has 0 radical (unpaired) electrons. The van der Waals surface area contributed by atoms with E-state index in [4.69, 9.17) is 40.9 Å². The molecule has 0 bridgehead atoms. The van der Waals surface area contributed by atoms with Crippen LogP contribution >= 0.6 is 11.6 Å². The van der Waals surface area contributed by atoms with Crippen molar-refractivity contribution in [3.05, 3.63) is 47.5 Å². The van der Waals surface area contributed by atoms with Gasteiger partial charge >= 0.3 is 11.9 Å². The lowest BCUT2D eigenvalue weighted by Gasteiger charge is -2.27. The first-order valence-corrected chi connectivity index (χ1v) is 7.13. The number of carboxylic acids is 2. The van der Waals surface area contributed by atoms with Gasteiger partial charge in [0.05, 0.1) is 13.2 Å². The zero-order chi connectivity index (χ0) is 17.6. The fraction of sp³-hybridized carbons (Fsp3) is 0.286. The highest BCUT2D eigenvalue weighted by atomic mass is 35.5. The molecule has 0 saturated carbocycles. The van der Waals surface area contributed by atoms with Gasteiger partial charge in [0.15, 0.2) is 0 Å². The molecule has 0 unspecified atom stereocenters. The van der Waals surface area contributed by atoms with Crippen LogP contribution in [0, 0.1) is 0 Å². The summed E-state index contributed by atoms with van der Waals surface area (Å²) < 4.78 is 13.3. The normalized spacial score (nSPS) is 14.8. The summed E-state index contributed by atoms with van der Waals surface area (Å²) in [5.74, 6) is -4.44. The lowest BCUT2D eigenvalue weighted by Crippen LogP contribution is -2.33. The smallest absolute Gasteiger partial charge is 0.414 e. The van der Waals surface area contributed by atoms with E-state index >= 15 is 0 Å². The molecule has 10 nitrogen and oxygen atoms in total. The van der Waals surface area contributed by atoms with E-state index in [1.807, 2.05) is 24.3 Å². The molecule has 0 spiro atoms. The Kier molecular flexibility index (Phi) is 7.45. The highest BCUT2D eigenvalue weighted by molar-refractivity contribution is 6.30. The Bertz CT molecular complexity index is 673. The largest absolute Gasteiger partial charge is 0.473 e. The third-order valence-electron chi connectivity index (χ3n) is 3.06. The summed E-state index contributed by atoms with van der Waals surface area (Å²) in [6, 6.07) is 7.46. The molecule has 3 rings (SSSR count). The van der Waals surface area contributed by atoms with Gasteiger partial charge in [-0.3, -0.25) is 0 Å². The Balaban J connectivity index is 0.000000390. The number of aliphatic carboxylic acids is 2. The molecule has 2 aromatic rings. The molecule has 1 aliphatic rings. The molecule has 2 heterocycles. The fourth-order valence-electron chi connectivity index (χ4n) is 2.04. The van der Waals surface area contributed by atoms with E-state index in [9.17, 15) is 0 Å². The fourth-order valence-corrected chi connectivity index (χ4v) is 2.16. The van der Waals surface area contributed by atoms with Gasteiger partial charge in [-0.25, -0.2) is 19.3 Å². The van der Waals surface area contributed by atoms with Crippen LogP contribution in [-0.2, 0) is 31.4 Å². The van der Waals surface area contributed by atoms with Gasteiger partial charge in [0.2, 0.25) is 5.79 Å². The van der Waals surface area contributed by atoms with Crippen molar-refractivity contribution in [3.8, 4) is 0 Å². The number of rotatable bonds is 3. The van der Waals surface area contributed by atoms with E-state index in [1.165, 1.54) is 6.33 Å². The van der Waals surface area contributed by atoms with Gasteiger partial charge in [0.1, 0.15) is 19.2 Å². The Morgan fingerprint density at radius 1 is 1.16 bits per heavy atom. The zero-order valence-corrected chi connectivity index (χ0v) is 13.6. The highest BCUT2D eigenvalue weighted by Gasteiger charge is 2.39. The molecular formula is C14H16ClN3O7. The maximum absolute atomic E-state index is 9.10. The number of hydrogen-bond acceptors (Lipinski definition) is 6. The number of aromatic nitrogens is 3. The lowest BCUT2D eigenvalue weighted by molar-refractivity contribution is -0.177. The topological polar surface area (TPSA) is 155 Å². The highest BCUT2D eigenvalue weighted by Crippen LogP contribution is 2.33. The summed E-state index contributed by atoms with van der Waals surface area (Å²) in [6.45, 7) is 1.60. The second-order valence-electron chi connectivity index (χ2n) is 4.66. The molecule has 4 N–H and O–H groups in total. The average molecular weight is 374 g/mol. The molecule has 136 valence electrons. The van der Waals surface area contributed by atoms with Gasteiger partial charge in [-0.05, 0) is 12.1 Å². The van der Waals surface area contributed by atoms with E-state index in [2.05, 4.69) is 10.1 Å². The van der Waals surface area contributed by atoms with Gasteiger partial charge in [-0.15, -0.1) is 0 Å². The maximum Gasteiger partial charge on any atom is 0.414 e. The summed E-state index contributed by atoms with van der Waals surface area (Å²) in [6.07, 6.45) is 3.13. The van der Waals surface area contributed by atoms with Gasteiger partial charge in [-0.2, -0.15) is 5.10 Å². The van der Waals surface area contributed by atoms with Gasteiger partial charge in [-0.1, -0.05) is 23.7 Å². The molecule has 1 aromatic carbocycles. The predicted octanol–water partition coefficient (Wildman–Crippen LogP) is 0.162. The molecule has 0 amide bonds. The summed E-state index contributed by atoms with van der Waals surface area (Å²) in [5.41, 5.74) is 0.930. The van der Waals surface area contributed by atoms with Crippen molar-refractivity contribution < 1.29 is 34.8 Å². The number of carbonyl (C=O) groups is 2. The Labute approximate surface area is 146 Å². The first-order chi connectivity index (χ1) is 11.4. The number of ether oxygens (including phenoxy) is 2. The van der Waals surface area contributed by atoms with E-state index in [1.54, 1.807) is 11.0 Å². The summed E-state index contributed by atoms with van der Waals surface area (Å²) in [7, 11) is 0.